The van der Waals surface area contributed by atoms with Gasteiger partial charge in [0.1, 0.15) is 5.82 Å². The highest BCUT2D eigenvalue weighted by atomic mass is 19.4. The molecule has 1 aromatic rings. The largest absolute Gasteiger partial charge is 0.416 e. The monoisotopic (exact) mass is 243 g/mol. The van der Waals surface area contributed by atoms with Crippen molar-refractivity contribution < 1.29 is 26.3 Å². The Hall–Kier alpha value is -1.24. The Balaban J connectivity index is 3.19. The summed E-state index contributed by atoms with van der Waals surface area (Å²) in [5.41, 5.74) is 2.84. The van der Waals surface area contributed by atoms with Gasteiger partial charge in [-0.3, -0.25) is 0 Å². The zero-order valence-electron chi connectivity index (χ0n) is 7.73. The molecule has 0 aliphatic carbocycles. The predicted molar refractivity (Wildman–Crippen MR) is 44.3 cm³/mol. The average Bonchev–Trinajstić information content (AvgIpc) is 2.15. The summed E-state index contributed by atoms with van der Waals surface area (Å²) in [6, 6.07) is -0.828. The minimum atomic E-state index is -4.72. The third-order valence-corrected chi connectivity index (χ3v) is 1.95. The van der Waals surface area contributed by atoms with Crippen LogP contribution in [0.1, 0.15) is 17.2 Å². The van der Waals surface area contributed by atoms with Gasteiger partial charge in [-0.25, -0.2) is 13.2 Å². The highest BCUT2D eigenvalue weighted by molar-refractivity contribution is 5.29. The number of rotatable bonds is 2. The SMILES string of the molecule is NC(c1cc(C(F)(F)F)ccc1F)C(F)F. The second-order valence-electron chi connectivity index (χ2n) is 3.09. The summed E-state index contributed by atoms with van der Waals surface area (Å²) >= 11 is 0. The summed E-state index contributed by atoms with van der Waals surface area (Å²) in [6.45, 7) is 0. The molecule has 0 saturated carbocycles. The quantitative estimate of drug-likeness (QED) is 0.793. The van der Waals surface area contributed by atoms with Gasteiger partial charge >= 0.3 is 6.18 Å². The second-order valence-corrected chi connectivity index (χ2v) is 3.09. The summed E-state index contributed by atoms with van der Waals surface area (Å²) in [4.78, 5) is 0. The van der Waals surface area contributed by atoms with E-state index in [1.165, 1.54) is 0 Å². The maximum absolute atomic E-state index is 13.0. The summed E-state index contributed by atoms with van der Waals surface area (Å²) in [5.74, 6) is -1.18. The van der Waals surface area contributed by atoms with Crippen LogP contribution in [0.25, 0.3) is 0 Å². The van der Waals surface area contributed by atoms with E-state index in [9.17, 15) is 26.3 Å². The summed E-state index contributed by atoms with van der Waals surface area (Å²) in [7, 11) is 0. The number of nitrogens with two attached hydrogens (primary N) is 1. The maximum atomic E-state index is 13.0. The van der Waals surface area contributed by atoms with E-state index in [1.807, 2.05) is 0 Å². The highest BCUT2D eigenvalue weighted by Gasteiger charge is 2.32. The number of hydrogen-bond acceptors (Lipinski definition) is 1. The third-order valence-electron chi connectivity index (χ3n) is 1.95. The average molecular weight is 243 g/mol. The Morgan fingerprint density at radius 2 is 1.69 bits per heavy atom. The van der Waals surface area contributed by atoms with Gasteiger partial charge in [-0.05, 0) is 18.2 Å². The van der Waals surface area contributed by atoms with E-state index in [1.54, 1.807) is 0 Å². The first-order valence-corrected chi connectivity index (χ1v) is 4.14. The van der Waals surface area contributed by atoms with Gasteiger partial charge in [-0.1, -0.05) is 0 Å². The first-order valence-electron chi connectivity index (χ1n) is 4.14. The molecular formula is C9H7F6N. The predicted octanol–water partition coefficient (Wildman–Crippen LogP) is 3.11. The minimum Gasteiger partial charge on any atom is -0.319 e. The lowest BCUT2D eigenvalue weighted by Crippen LogP contribution is -2.21. The molecule has 0 bridgehead atoms. The van der Waals surface area contributed by atoms with E-state index in [0.29, 0.717) is 18.2 Å². The van der Waals surface area contributed by atoms with Gasteiger partial charge in [0.25, 0.3) is 6.43 Å². The zero-order valence-corrected chi connectivity index (χ0v) is 7.73. The van der Waals surface area contributed by atoms with Crippen molar-refractivity contribution in [2.24, 2.45) is 5.73 Å². The molecule has 0 amide bonds. The highest BCUT2D eigenvalue weighted by Crippen LogP contribution is 2.32. The van der Waals surface area contributed by atoms with Crippen molar-refractivity contribution in [3.05, 3.63) is 35.1 Å². The van der Waals surface area contributed by atoms with Gasteiger partial charge in [0, 0.05) is 5.56 Å². The van der Waals surface area contributed by atoms with Crippen molar-refractivity contribution in [2.75, 3.05) is 0 Å². The van der Waals surface area contributed by atoms with Gasteiger partial charge in [-0.15, -0.1) is 0 Å². The topological polar surface area (TPSA) is 26.0 Å². The lowest BCUT2D eigenvalue weighted by Gasteiger charge is -2.14. The molecule has 90 valence electrons. The lowest BCUT2D eigenvalue weighted by molar-refractivity contribution is -0.137. The van der Waals surface area contributed by atoms with Gasteiger partial charge in [0.15, 0.2) is 0 Å². The van der Waals surface area contributed by atoms with E-state index >= 15 is 0 Å². The smallest absolute Gasteiger partial charge is 0.319 e. The van der Waals surface area contributed by atoms with E-state index in [4.69, 9.17) is 5.73 Å². The van der Waals surface area contributed by atoms with Crippen molar-refractivity contribution in [1.82, 2.24) is 0 Å². The van der Waals surface area contributed by atoms with Crippen molar-refractivity contribution in [2.45, 2.75) is 18.6 Å². The minimum absolute atomic E-state index is 0.298. The van der Waals surface area contributed by atoms with E-state index < -0.39 is 35.6 Å². The van der Waals surface area contributed by atoms with Crippen LogP contribution < -0.4 is 5.73 Å². The fourth-order valence-corrected chi connectivity index (χ4v) is 1.11. The molecule has 1 aromatic carbocycles. The van der Waals surface area contributed by atoms with Gasteiger partial charge < -0.3 is 5.73 Å². The number of benzene rings is 1. The molecule has 16 heavy (non-hydrogen) atoms. The molecule has 0 radical (unpaired) electrons. The zero-order chi connectivity index (χ0) is 12.5. The third kappa shape index (κ3) is 2.66. The van der Waals surface area contributed by atoms with Crippen LogP contribution in [0.5, 0.6) is 0 Å². The fraction of sp³-hybridized carbons (Fsp3) is 0.333. The Kier molecular flexibility index (Phi) is 3.47. The first kappa shape index (κ1) is 12.8. The summed E-state index contributed by atoms with van der Waals surface area (Å²) in [5, 5.41) is 0. The van der Waals surface area contributed by atoms with Crippen LogP contribution in [0, 0.1) is 5.82 Å². The van der Waals surface area contributed by atoms with Crippen LogP contribution in [0.3, 0.4) is 0 Å². The Morgan fingerprint density at radius 3 is 2.12 bits per heavy atom. The Morgan fingerprint density at radius 1 is 1.12 bits per heavy atom. The molecule has 1 rings (SSSR count). The van der Waals surface area contributed by atoms with Gasteiger partial charge in [-0.2, -0.15) is 13.2 Å². The molecular weight excluding hydrogens is 236 g/mol. The van der Waals surface area contributed by atoms with E-state index in [0.717, 1.165) is 0 Å². The standard InChI is InChI=1S/C9H7F6N/c10-6-2-1-4(9(13,14)15)3-5(6)7(16)8(11)12/h1-3,7-8H,16H2. The molecule has 1 atom stereocenters. The fourth-order valence-electron chi connectivity index (χ4n) is 1.11. The van der Waals surface area contributed by atoms with Crippen LogP contribution in [0.4, 0.5) is 26.3 Å². The lowest BCUT2D eigenvalue weighted by atomic mass is 10.0. The molecule has 0 aliphatic heterocycles. The van der Waals surface area contributed by atoms with Gasteiger partial charge in [0.05, 0.1) is 11.6 Å². The molecule has 1 nitrogen and oxygen atoms in total. The van der Waals surface area contributed by atoms with Crippen molar-refractivity contribution in [1.29, 1.82) is 0 Å². The summed E-state index contributed by atoms with van der Waals surface area (Å²) < 4.78 is 73.9. The molecule has 0 saturated heterocycles. The van der Waals surface area contributed by atoms with Crippen LogP contribution in [-0.2, 0) is 6.18 Å². The molecule has 0 aliphatic rings. The van der Waals surface area contributed by atoms with E-state index in [2.05, 4.69) is 0 Å². The second kappa shape index (κ2) is 4.32. The van der Waals surface area contributed by atoms with Gasteiger partial charge in [0.2, 0.25) is 0 Å². The molecule has 0 heterocycles. The number of hydrogen-bond donors (Lipinski definition) is 1. The molecule has 7 heteroatoms. The molecule has 2 N–H and O–H groups in total. The van der Waals surface area contributed by atoms with Crippen molar-refractivity contribution in [3.63, 3.8) is 0 Å². The number of halogens is 6. The Bertz CT molecular complexity index is 373. The van der Waals surface area contributed by atoms with Crippen LogP contribution in [0.15, 0.2) is 18.2 Å². The number of alkyl halides is 5. The van der Waals surface area contributed by atoms with Crippen molar-refractivity contribution in [3.8, 4) is 0 Å². The molecule has 1 unspecified atom stereocenters. The normalized spacial score (nSPS) is 14.2. The van der Waals surface area contributed by atoms with Crippen LogP contribution in [-0.4, -0.2) is 6.43 Å². The molecule has 0 aromatic heterocycles. The molecule has 0 fully saturated rings. The van der Waals surface area contributed by atoms with E-state index in [-0.39, 0.29) is 0 Å². The maximum Gasteiger partial charge on any atom is 0.416 e. The van der Waals surface area contributed by atoms with Crippen LogP contribution in [0.2, 0.25) is 0 Å². The summed E-state index contributed by atoms with van der Waals surface area (Å²) in [6.07, 6.45) is -7.84. The van der Waals surface area contributed by atoms with Crippen LogP contribution >= 0.6 is 0 Å². The Labute approximate surface area is 86.9 Å². The first-order chi connectivity index (χ1) is 7.23. The molecule has 0 spiro atoms. The van der Waals surface area contributed by atoms with Crippen molar-refractivity contribution >= 4 is 0 Å².